The largest absolute Gasteiger partial charge is 0.396 e. The fourth-order valence-electron chi connectivity index (χ4n) is 0.646. The van der Waals surface area contributed by atoms with Crippen LogP contribution in [0.1, 0.15) is 0 Å². The first-order chi connectivity index (χ1) is 21.1. The van der Waals surface area contributed by atoms with Gasteiger partial charge in [-0.1, -0.05) is 0 Å². The van der Waals surface area contributed by atoms with Crippen LogP contribution in [-0.4, -0.2) is 255 Å². The molecule has 0 fully saturated rings. The van der Waals surface area contributed by atoms with Gasteiger partial charge in [0.15, 0.2) is 0 Å². The van der Waals surface area contributed by atoms with E-state index in [9.17, 15) is 0 Å². The molecular formula is C23H60O22. The van der Waals surface area contributed by atoms with Crippen LogP contribution in [0.5, 0.6) is 0 Å². The molecule has 0 aliphatic carbocycles. The zero-order chi connectivity index (χ0) is 37.3. The zero-order valence-corrected chi connectivity index (χ0v) is 25.1. The molecule has 45 heavy (non-hydrogen) atoms. The number of hydrogen-bond acceptors (Lipinski definition) is 22. The van der Waals surface area contributed by atoms with E-state index in [1.54, 1.807) is 0 Å². The zero-order valence-electron chi connectivity index (χ0n) is 25.1. The molecule has 0 unspecified atom stereocenters. The van der Waals surface area contributed by atoms with Crippen molar-refractivity contribution in [1.29, 1.82) is 0 Å². The van der Waals surface area contributed by atoms with Crippen molar-refractivity contribution in [3.63, 3.8) is 0 Å². The molecule has 22 nitrogen and oxygen atoms in total. The smallest absolute Gasteiger partial charge is 0.100 e. The molecule has 22 N–H and O–H groups in total. The third kappa shape index (κ3) is 59.1. The highest BCUT2D eigenvalue weighted by molar-refractivity contribution is 4.74. The van der Waals surface area contributed by atoms with Gasteiger partial charge in [-0.3, -0.25) is 0 Å². The van der Waals surface area contributed by atoms with Gasteiger partial charge in [-0.25, -0.2) is 0 Å². The monoisotopic (exact) mass is 688 g/mol. The van der Waals surface area contributed by atoms with Crippen LogP contribution in [-0.2, 0) is 0 Å². The van der Waals surface area contributed by atoms with E-state index in [4.69, 9.17) is 112 Å². The predicted octanol–water partition coefficient (Wildman–Crippen LogP) is -12.1. The first kappa shape index (κ1) is 59.5. The van der Waals surface area contributed by atoms with Crippen molar-refractivity contribution in [3.05, 3.63) is 0 Å². The molecule has 0 saturated heterocycles. The lowest BCUT2D eigenvalue weighted by atomic mass is 9.93. The van der Waals surface area contributed by atoms with Crippen molar-refractivity contribution in [2.45, 2.75) is 36.6 Å². The Hall–Kier alpha value is -0.880. The molecule has 0 radical (unpaired) electrons. The molecule has 0 heterocycles. The molecule has 0 aromatic heterocycles. The maximum atomic E-state index is 8.50. The van der Waals surface area contributed by atoms with Gasteiger partial charge in [0.2, 0.25) is 0 Å². The predicted molar refractivity (Wildman–Crippen MR) is 152 cm³/mol. The van der Waals surface area contributed by atoms with E-state index in [1.165, 1.54) is 0 Å². The number of hydrogen-bond donors (Lipinski definition) is 22. The van der Waals surface area contributed by atoms with Gasteiger partial charge in [0, 0.05) is 0 Å². The van der Waals surface area contributed by atoms with Crippen LogP contribution in [0.25, 0.3) is 0 Å². The summed E-state index contributed by atoms with van der Waals surface area (Å²) in [5.74, 6) is 0. The summed E-state index contributed by atoms with van der Waals surface area (Å²) in [6.07, 6.45) is -5.72. The topological polar surface area (TPSA) is 445 Å². The van der Waals surface area contributed by atoms with E-state index >= 15 is 0 Å². The van der Waals surface area contributed by atoms with Crippen molar-refractivity contribution >= 4 is 0 Å². The Morgan fingerprint density at radius 3 is 0.311 bits per heavy atom. The van der Waals surface area contributed by atoms with Crippen molar-refractivity contribution in [2.24, 2.45) is 5.41 Å². The Kier molecular flexibility index (Phi) is 66.1. The average molecular weight is 689 g/mol. The Labute approximate surface area is 260 Å². The van der Waals surface area contributed by atoms with E-state index in [-0.39, 0.29) is 79.3 Å². The van der Waals surface area contributed by atoms with Crippen LogP contribution in [0.3, 0.4) is 0 Å². The summed E-state index contributed by atoms with van der Waals surface area (Å²) in [7, 11) is 0. The van der Waals surface area contributed by atoms with Crippen molar-refractivity contribution in [1.82, 2.24) is 0 Å². The van der Waals surface area contributed by atoms with Gasteiger partial charge in [0.1, 0.15) is 36.6 Å². The van der Waals surface area contributed by atoms with Gasteiger partial charge < -0.3 is 112 Å². The quantitative estimate of drug-likeness (QED) is 0.0715. The highest BCUT2D eigenvalue weighted by Crippen LogP contribution is 2.11. The second kappa shape index (κ2) is 50.0. The lowest BCUT2D eigenvalue weighted by Gasteiger charge is -2.23. The minimum Gasteiger partial charge on any atom is -0.396 e. The highest BCUT2D eigenvalue weighted by Gasteiger charge is 2.26. The van der Waals surface area contributed by atoms with Crippen molar-refractivity contribution in [3.8, 4) is 0 Å². The summed E-state index contributed by atoms with van der Waals surface area (Å²) in [6.45, 7) is -6.00. The minimum absolute atomic E-state index is 0.365. The highest BCUT2D eigenvalue weighted by atomic mass is 16.4. The molecular weight excluding hydrogens is 628 g/mol. The standard InChI is InChI=1S/C5H12O4.6C3H8O3/c6-1-5(2-7,3-8)4-9;6*4-1-3(6)2-5/h6-9H,1-4H2;6*3-6H,1-2H2. The second-order valence-electron chi connectivity index (χ2n) is 8.25. The van der Waals surface area contributed by atoms with E-state index in [0.29, 0.717) is 0 Å². The molecule has 0 aromatic carbocycles. The normalized spacial score (nSPS) is 10.4. The molecule has 284 valence electrons. The van der Waals surface area contributed by atoms with E-state index in [2.05, 4.69) is 0 Å². The number of aliphatic hydroxyl groups is 22. The summed E-state index contributed by atoms with van der Waals surface area (Å²) < 4.78 is 0. The molecule has 0 aromatic rings. The van der Waals surface area contributed by atoms with E-state index < -0.39 is 68.5 Å². The van der Waals surface area contributed by atoms with Gasteiger partial charge in [-0.2, -0.15) is 0 Å². The van der Waals surface area contributed by atoms with E-state index in [0.717, 1.165) is 0 Å². The van der Waals surface area contributed by atoms with Crippen LogP contribution in [0.15, 0.2) is 0 Å². The van der Waals surface area contributed by atoms with Gasteiger partial charge in [0.05, 0.1) is 111 Å². The fourth-order valence-corrected chi connectivity index (χ4v) is 0.646. The van der Waals surface area contributed by atoms with Crippen molar-refractivity contribution in [2.75, 3.05) is 106 Å². The minimum atomic E-state index is -1.11. The summed E-state index contributed by atoms with van der Waals surface area (Å²) in [5.41, 5.74) is -1.11. The van der Waals surface area contributed by atoms with E-state index in [1.807, 2.05) is 0 Å². The third-order valence-electron chi connectivity index (χ3n) is 3.87. The molecule has 0 saturated carbocycles. The van der Waals surface area contributed by atoms with Gasteiger partial charge in [-0.15, -0.1) is 0 Å². The second-order valence-corrected chi connectivity index (χ2v) is 8.25. The Balaban J connectivity index is -0.0000000754. The molecule has 0 aliphatic heterocycles. The average Bonchev–Trinajstić information content (AvgIpc) is 3.11. The Morgan fingerprint density at radius 1 is 0.222 bits per heavy atom. The first-order valence-corrected chi connectivity index (χ1v) is 12.9. The third-order valence-corrected chi connectivity index (χ3v) is 3.87. The molecule has 0 spiro atoms. The molecule has 0 bridgehead atoms. The van der Waals surface area contributed by atoms with Gasteiger partial charge in [0.25, 0.3) is 0 Å². The number of aliphatic hydroxyl groups excluding tert-OH is 22. The van der Waals surface area contributed by atoms with Gasteiger partial charge >= 0.3 is 0 Å². The summed E-state index contributed by atoms with van der Waals surface area (Å²) in [6, 6.07) is 0. The maximum absolute atomic E-state index is 8.50. The molecule has 22 heteroatoms. The summed E-state index contributed by atoms with van der Waals surface area (Å²) in [4.78, 5) is 0. The lowest BCUT2D eigenvalue weighted by molar-refractivity contribution is -0.0328. The van der Waals surface area contributed by atoms with Crippen molar-refractivity contribution < 1.29 is 112 Å². The van der Waals surface area contributed by atoms with Gasteiger partial charge in [-0.05, 0) is 0 Å². The fraction of sp³-hybridized carbons (Fsp3) is 1.00. The molecule has 0 aliphatic rings. The van der Waals surface area contributed by atoms with Crippen LogP contribution in [0.2, 0.25) is 0 Å². The number of rotatable bonds is 16. The molecule has 0 atom stereocenters. The Morgan fingerprint density at radius 2 is 0.311 bits per heavy atom. The van der Waals surface area contributed by atoms with Crippen LogP contribution < -0.4 is 0 Å². The Bertz CT molecular complexity index is 346. The summed E-state index contributed by atoms with van der Waals surface area (Å²) in [5, 5.41) is 178. The van der Waals surface area contributed by atoms with Crippen LogP contribution in [0.4, 0.5) is 0 Å². The maximum Gasteiger partial charge on any atom is 0.100 e. The van der Waals surface area contributed by atoms with Crippen LogP contribution >= 0.6 is 0 Å². The first-order valence-electron chi connectivity index (χ1n) is 12.9. The molecule has 0 rings (SSSR count). The summed E-state index contributed by atoms with van der Waals surface area (Å²) >= 11 is 0. The van der Waals surface area contributed by atoms with Crippen LogP contribution in [0, 0.1) is 5.41 Å². The SMILES string of the molecule is OCC(CO)(CO)CO.OCC(O)CO.OCC(O)CO.OCC(O)CO.OCC(O)CO.OCC(O)CO.OCC(O)CO. The lowest BCUT2D eigenvalue weighted by Crippen LogP contribution is -2.37. The molecule has 0 amide bonds.